The molecule has 1 radical (unpaired) electrons. The monoisotopic (exact) mass is 241 g/mol. The van der Waals surface area contributed by atoms with Gasteiger partial charge in [-0.15, -0.1) is 0 Å². The fourth-order valence-corrected chi connectivity index (χ4v) is 0.752. The van der Waals surface area contributed by atoms with Gasteiger partial charge in [-0.1, -0.05) is 6.08 Å². The molecule has 0 aromatic heterocycles. The number of rotatable bonds is 3. The number of hydrogen-bond donors (Lipinski definition) is 0. The van der Waals surface area contributed by atoms with Gasteiger partial charge >= 0.3 is 0 Å². The highest BCUT2D eigenvalue weighted by atomic mass is 79.9. The maximum Gasteiger partial charge on any atom is 0.0825 e. The van der Waals surface area contributed by atoms with Crippen molar-refractivity contribution in [2.24, 2.45) is 0 Å². The summed E-state index contributed by atoms with van der Waals surface area (Å²) in [5, 5.41) is 9.85. The lowest BCUT2D eigenvalue weighted by Crippen LogP contribution is -1.75. The van der Waals surface area contributed by atoms with Crippen LogP contribution in [0.3, 0.4) is 0 Å². The van der Waals surface area contributed by atoms with E-state index in [1.54, 1.807) is 0 Å². The molecule has 1 nitrogen and oxygen atoms in total. The third-order valence-electron chi connectivity index (χ3n) is 0.647. The number of halogens is 2. The molecule has 8 heavy (non-hydrogen) atoms. The molecule has 0 saturated heterocycles. The van der Waals surface area contributed by atoms with Crippen LogP contribution in [0.1, 0.15) is 12.8 Å². The molecular weight excluding hydrogens is 236 g/mol. The van der Waals surface area contributed by atoms with Crippen molar-refractivity contribution < 1.29 is 5.11 Å². The molecule has 0 N–H and O–H groups in total. The van der Waals surface area contributed by atoms with E-state index in [9.17, 15) is 5.11 Å². The molecule has 0 aromatic rings. The van der Waals surface area contributed by atoms with E-state index in [1.165, 1.54) is 0 Å². The van der Waals surface area contributed by atoms with Crippen molar-refractivity contribution in [3.8, 4) is 0 Å². The molecule has 0 spiro atoms. The Balaban J connectivity index is 3.03. The third-order valence-corrected chi connectivity index (χ3v) is 1.29. The summed E-state index contributed by atoms with van der Waals surface area (Å²) in [5.74, 6) is 0. The number of allylic oxidation sites excluding steroid dienone is 1. The second-order valence-electron chi connectivity index (χ2n) is 1.34. The maximum absolute atomic E-state index is 9.85. The van der Waals surface area contributed by atoms with Crippen molar-refractivity contribution in [3.63, 3.8) is 0 Å². The molecule has 47 valence electrons. The van der Waals surface area contributed by atoms with E-state index < -0.39 is 0 Å². The van der Waals surface area contributed by atoms with Crippen LogP contribution in [0.2, 0.25) is 0 Å². The lowest BCUT2D eigenvalue weighted by molar-refractivity contribution is 0.190. The number of hydrogen-bond acceptors (Lipinski definition) is 0. The van der Waals surface area contributed by atoms with Crippen molar-refractivity contribution in [1.29, 1.82) is 0 Å². The first-order chi connectivity index (χ1) is 3.77. The highest BCUT2D eigenvalue weighted by Crippen LogP contribution is 2.13. The summed E-state index contributed by atoms with van der Waals surface area (Å²) in [4.78, 5) is 0. The quantitative estimate of drug-likeness (QED) is 0.679. The Labute approximate surface area is 66.0 Å². The zero-order chi connectivity index (χ0) is 6.41. The van der Waals surface area contributed by atoms with Crippen LogP contribution < -0.4 is 0 Å². The summed E-state index contributed by atoms with van der Waals surface area (Å²) in [5.41, 5.74) is 0. The molecule has 0 bridgehead atoms. The van der Waals surface area contributed by atoms with Crippen LogP contribution in [0.15, 0.2) is 9.47 Å². The standard InChI is InChI=1S/C5H7Br2O/c6-5(7)3-1-2-4-8/h3H,1-2,4H2. The van der Waals surface area contributed by atoms with Gasteiger partial charge in [-0.05, 0) is 44.7 Å². The molecule has 0 aliphatic heterocycles. The maximum atomic E-state index is 9.85. The summed E-state index contributed by atoms with van der Waals surface area (Å²) in [6, 6.07) is 0. The van der Waals surface area contributed by atoms with Crippen LogP contribution in [-0.4, -0.2) is 6.61 Å². The molecule has 0 aromatic carbocycles. The van der Waals surface area contributed by atoms with Gasteiger partial charge in [0.2, 0.25) is 0 Å². The van der Waals surface area contributed by atoms with Gasteiger partial charge in [0, 0.05) is 0 Å². The van der Waals surface area contributed by atoms with E-state index in [4.69, 9.17) is 0 Å². The predicted molar refractivity (Wildman–Crippen MR) is 40.7 cm³/mol. The van der Waals surface area contributed by atoms with Gasteiger partial charge < -0.3 is 0 Å². The molecule has 3 heteroatoms. The van der Waals surface area contributed by atoms with Gasteiger partial charge in [-0.2, -0.15) is 0 Å². The van der Waals surface area contributed by atoms with E-state index in [0.717, 1.165) is 16.2 Å². The van der Waals surface area contributed by atoms with Crippen molar-refractivity contribution in [2.45, 2.75) is 12.8 Å². The van der Waals surface area contributed by atoms with Crippen LogP contribution in [-0.2, 0) is 5.11 Å². The van der Waals surface area contributed by atoms with Gasteiger partial charge in [-0.25, -0.2) is 5.11 Å². The molecular formula is C5H7Br2O. The molecule has 0 aliphatic carbocycles. The first-order valence-corrected chi connectivity index (χ1v) is 3.95. The highest BCUT2D eigenvalue weighted by molar-refractivity contribution is 9.28. The fraction of sp³-hybridized carbons (Fsp3) is 0.600. The molecule has 0 rings (SSSR count). The van der Waals surface area contributed by atoms with Crippen LogP contribution >= 0.6 is 31.9 Å². The lowest BCUT2D eigenvalue weighted by Gasteiger charge is -1.84. The topological polar surface area (TPSA) is 19.9 Å². The molecule has 0 saturated carbocycles. The molecule has 0 heterocycles. The first kappa shape index (κ1) is 8.66. The highest BCUT2D eigenvalue weighted by Gasteiger charge is 1.82. The minimum absolute atomic E-state index is 0.0176. The fourth-order valence-electron chi connectivity index (χ4n) is 0.295. The predicted octanol–water partition coefficient (Wildman–Crippen LogP) is 2.83. The molecule has 0 atom stereocenters. The average molecular weight is 243 g/mol. The Hall–Kier alpha value is 0.660. The van der Waals surface area contributed by atoms with E-state index >= 15 is 0 Å². The van der Waals surface area contributed by atoms with Gasteiger partial charge in [0.1, 0.15) is 0 Å². The lowest BCUT2D eigenvalue weighted by atomic mass is 10.3. The molecule has 0 unspecified atom stereocenters. The first-order valence-electron chi connectivity index (χ1n) is 2.36. The van der Waals surface area contributed by atoms with Crippen LogP contribution in [0.5, 0.6) is 0 Å². The summed E-state index contributed by atoms with van der Waals surface area (Å²) < 4.78 is 0.929. The second-order valence-corrected chi connectivity index (χ2v) is 4.11. The van der Waals surface area contributed by atoms with Crippen molar-refractivity contribution >= 4 is 31.9 Å². The minimum atomic E-state index is 0.0176. The van der Waals surface area contributed by atoms with E-state index in [0.29, 0.717) is 0 Å². The summed E-state index contributed by atoms with van der Waals surface area (Å²) in [6.45, 7) is 0.0176. The van der Waals surface area contributed by atoms with Crippen molar-refractivity contribution in [1.82, 2.24) is 0 Å². The zero-order valence-corrected chi connectivity index (χ0v) is 7.53. The largest absolute Gasteiger partial charge is 0.237 e. The van der Waals surface area contributed by atoms with Gasteiger partial charge in [0.15, 0.2) is 0 Å². The molecule has 0 amide bonds. The Bertz CT molecular complexity index is 76.5. The molecule has 0 fully saturated rings. The van der Waals surface area contributed by atoms with Crippen LogP contribution in [0, 0.1) is 0 Å². The Kier molecular flexibility index (Phi) is 6.27. The average Bonchev–Trinajstić information content (AvgIpc) is 1.66. The Morgan fingerprint density at radius 3 is 2.50 bits per heavy atom. The van der Waals surface area contributed by atoms with E-state index in [-0.39, 0.29) is 6.61 Å². The zero-order valence-electron chi connectivity index (χ0n) is 4.36. The Morgan fingerprint density at radius 1 is 1.50 bits per heavy atom. The smallest absolute Gasteiger partial charge is 0.0825 e. The summed E-state index contributed by atoms with van der Waals surface area (Å²) in [7, 11) is 0. The molecule has 0 aliphatic rings. The van der Waals surface area contributed by atoms with E-state index in [1.807, 2.05) is 6.08 Å². The van der Waals surface area contributed by atoms with Gasteiger partial charge in [-0.3, -0.25) is 0 Å². The van der Waals surface area contributed by atoms with Gasteiger partial charge in [0.25, 0.3) is 0 Å². The SMILES string of the molecule is [O]CCCC=C(Br)Br. The minimum Gasteiger partial charge on any atom is -0.237 e. The third kappa shape index (κ3) is 6.66. The number of unbranched alkanes of at least 4 members (excludes halogenated alkanes) is 1. The van der Waals surface area contributed by atoms with Crippen LogP contribution in [0.4, 0.5) is 0 Å². The Morgan fingerprint density at radius 2 is 2.12 bits per heavy atom. The van der Waals surface area contributed by atoms with Crippen molar-refractivity contribution in [3.05, 3.63) is 9.47 Å². The van der Waals surface area contributed by atoms with Gasteiger partial charge in [0.05, 0.1) is 10.00 Å². The normalized spacial score (nSPS) is 8.88. The summed E-state index contributed by atoms with van der Waals surface area (Å²) >= 11 is 6.36. The van der Waals surface area contributed by atoms with E-state index in [2.05, 4.69) is 31.9 Å². The van der Waals surface area contributed by atoms with Crippen molar-refractivity contribution in [2.75, 3.05) is 6.61 Å². The van der Waals surface area contributed by atoms with Crippen LogP contribution in [0.25, 0.3) is 0 Å². The second kappa shape index (κ2) is 5.79. The summed E-state index contributed by atoms with van der Waals surface area (Å²) in [6.07, 6.45) is 3.51.